The molecule has 0 amide bonds. The molecule has 1 saturated heterocycles. The highest BCUT2D eigenvalue weighted by molar-refractivity contribution is 5.71. The van der Waals surface area contributed by atoms with Crippen molar-refractivity contribution in [3.63, 3.8) is 0 Å². The number of esters is 1. The Morgan fingerprint density at radius 1 is 0.696 bits per heavy atom. The first-order chi connectivity index (χ1) is 11.1. The van der Waals surface area contributed by atoms with Crippen molar-refractivity contribution < 1.29 is 9.53 Å². The van der Waals surface area contributed by atoms with Crippen LogP contribution in [0.3, 0.4) is 0 Å². The van der Waals surface area contributed by atoms with Crippen molar-refractivity contribution in [1.82, 2.24) is 19.6 Å². The second kappa shape index (κ2) is 11.8. The van der Waals surface area contributed by atoms with E-state index in [1.54, 1.807) is 0 Å². The molecule has 136 valence electrons. The van der Waals surface area contributed by atoms with Gasteiger partial charge < -0.3 is 19.4 Å². The Morgan fingerprint density at radius 2 is 1.00 bits per heavy atom. The van der Waals surface area contributed by atoms with Crippen LogP contribution in [0.25, 0.3) is 0 Å². The van der Waals surface area contributed by atoms with Crippen LogP contribution in [0.15, 0.2) is 0 Å². The lowest BCUT2D eigenvalue weighted by molar-refractivity contribution is -0.142. The average Bonchev–Trinajstić information content (AvgIpc) is 2.57. The van der Waals surface area contributed by atoms with Gasteiger partial charge in [0, 0.05) is 52.4 Å². The molecule has 0 aliphatic carbocycles. The molecule has 1 aliphatic heterocycles. The van der Waals surface area contributed by atoms with E-state index in [0.29, 0.717) is 6.54 Å². The second-order valence-corrected chi connectivity index (χ2v) is 6.16. The third-order valence-corrected chi connectivity index (χ3v) is 4.85. The first kappa shape index (κ1) is 20.4. The number of nitrogens with zero attached hydrogens (tertiary/aromatic N) is 4. The maximum Gasteiger partial charge on any atom is 0.319 e. The summed E-state index contributed by atoms with van der Waals surface area (Å²) in [7, 11) is 1.47. The van der Waals surface area contributed by atoms with Gasteiger partial charge in [0.15, 0.2) is 0 Å². The summed E-state index contributed by atoms with van der Waals surface area (Å²) in [5, 5.41) is 0. The molecule has 1 heterocycles. The van der Waals surface area contributed by atoms with E-state index in [2.05, 4.69) is 40.4 Å². The minimum atomic E-state index is -0.139. The van der Waals surface area contributed by atoms with E-state index in [1.807, 2.05) is 0 Å². The van der Waals surface area contributed by atoms with E-state index >= 15 is 0 Å². The van der Waals surface area contributed by atoms with Crippen molar-refractivity contribution in [3.8, 4) is 0 Å². The molecule has 6 heteroatoms. The number of carbonyl (C=O) groups excluding carboxylic acids is 1. The molecule has 6 nitrogen and oxygen atoms in total. The highest BCUT2D eigenvalue weighted by atomic mass is 16.5. The summed E-state index contributed by atoms with van der Waals surface area (Å²) in [6, 6.07) is 0. The number of carbonyl (C=O) groups is 1. The lowest BCUT2D eigenvalue weighted by atomic mass is 10.3. The quantitative estimate of drug-likeness (QED) is 0.682. The van der Waals surface area contributed by atoms with Crippen LogP contribution in [0.4, 0.5) is 0 Å². The Labute approximate surface area is 142 Å². The molecule has 0 unspecified atom stereocenters. The fourth-order valence-corrected chi connectivity index (χ4v) is 2.93. The fraction of sp³-hybridized carbons (Fsp3) is 0.941. The number of likely N-dealkylation sites (N-methyl/N-ethyl adjacent to an activating group) is 3. The normalized spacial score (nSPS) is 21.6. The lowest BCUT2D eigenvalue weighted by Crippen LogP contribution is -2.46. The molecule has 0 radical (unpaired) electrons. The van der Waals surface area contributed by atoms with Crippen LogP contribution in [-0.4, -0.2) is 111 Å². The summed E-state index contributed by atoms with van der Waals surface area (Å²) in [6.07, 6.45) is 0. The number of rotatable bonds is 5. The maximum absolute atomic E-state index is 11.6. The largest absolute Gasteiger partial charge is 0.468 e. The topological polar surface area (TPSA) is 39.3 Å². The third-order valence-electron chi connectivity index (χ3n) is 4.85. The molecule has 0 aromatic heterocycles. The zero-order valence-corrected chi connectivity index (χ0v) is 15.6. The van der Waals surface area contributed by atoms with E-state index in [4.69, 9.17) is 4.74 Å². The highest BCUT2D eigenvalue weighted by Gasteiger charge is 2.16. The van der Waals surface area contributed by atoms with Gasteiger partial charge in [-0.25, -0.2) is 0 Å². The van der Waals surface area contributed by atoms with Gasteiger partial charge in [-0.15, -0.1) is 0 Å². The standard InChI is InChI=1S/C17H36N4O2/c1-5-18-8-10-19(6-2)12-14-21(16-17(22)23-4)15-13-20(7-3)11-9-18/h5-16H2,1-4H3. The Balaban J connectivity index is 2.67. The van der Waals surface area contributed by atoms with Gasteiger partial charge in [0.05, 0.1) is 13.7 Å². The summed E-state index contributed by atoms with van der Waals surface area (Å²) >= 11 is 0. The predicted octanol–water partition coefficient (Wildman–Crippen LogP) is 0.441. The molecule has 1 rings (SSSR count). The molecule has 0 spiro atoms. The lowest BCUT2D eigenvalue weighted by Gasteiger charge is -2.33. The Hall–Kier alpha value is -0.690. The van der Waals surface area contributed by atoms with E-state index in [0.717, 1.165) is 72.0 Å². The van der Waals surface area contributed by atoms with Crippen LogP contribution in [0.1, 0.15) is 20.8 Å². The van der Waals surface area contributed by atoms with Gasteiger partial charge in [0.2, 0.25) is 0 Å². The predicted molar refractivity (Wildman–Crippen MR) is 94.8 cm³/mol. The van der Waals surface area contributed by atoms with Gasteiger partial charge in [-0.2, -0.15) is 0 Å². The zero-order valence-electron chi connectivity index (χ0n) is 15.6. The van der Waals surface area contributed by atoms with Gasteiger partial charge in [0.25, 0.3) is 0 Å². The van der Waals surface area contributed by atoms with E-state index in [1.165, 1.54) is 7.11 Å². The number of hydrogen-bond donors (Lipinski definition) is 0. The smallest absolute Gasteiger partial charge is 0.319 e. The van der Waals surface area contributed by atoms with Gasteiger partial charge in [-0.3, -0.25) is 9.69 Å². The molecular weight excluding hydrogens is 292 g/mol. The zero-order chi connectivity index (χ0) is 17.1. The molecule has 0 atom stereocenters. The summed E-state index contributed by atoms with van der Waals surface area (Å²) in [5.41, 5.74) is 0. The third kappa shape index (κ3) is 8.11. The van der Waals surface area contributed by atoms with Crippen molar-refractivity contribution >= 4 is 5.97 Å². The Bertz CT molecular complexity index is 308. The van der Waals surface area contributed by atoms with Crippen LogP contribution in [0, 0.1) is 0 Å². The molecule has 0 aromatic carbocycles. The maximum atomic E-state index is 11.6. The minimum absolute atomic E-state index is 0.139. The van der Waals surface area contributed by atoms with Gasteiger partial charge in [0.1, 0.15) is 0 Å². The summed E-state index contributed by atoms with van der Waals surface area (Å²) in [4.78, 5) is 21.4. The SMILES string of the molecule is CCN1CCN(CC)CCN(CC(=O)OC)CCN(CC)CC1. The molecule has 1 aliphatic rings. The molecule has 23 heavy (non-hydrogen) atoms. The van der Waals surface area contributed by atoms with Crippen molar-refractivity contribution in [2.45, 2.75) is 20.8 Å². The summed E-state index contributed by atoms with van der Waals surface area (Å²) < 4.78 is 4.85. The van der Waals surface area contributed by atoms with Crippen LogP contribution >= 0.6 is 0 Å². The minimum Gasteiger partial charge on any atom is -0.468 e. The van der Waals surface area contributed by atoms with Crippen molar-refractivity contribution in [1.29, 1.82) is 0 Å². The van der Waals surface area contributed by atoms with E-state index < -0.39 is 0 Å². The van der Waals surface area contributed by atoms with Gasteiger partial charge in [-0.1, -0.05) is 20.8 Å². The fourth-order valence-electron chi connectivity index (χ4n) is 2.93. The average molecular weight is 329 g/mol. The number of ether oxygens (including phenoxy) is 1. The summed E-state index contributed by atoms with van der Waals surface area (Å²) in [6.45, 7) is 18.6. The first-order valence-electron chi connectivity index (χ1n) is 9.09. The molecule has 0 N–H and O–H groups in total. The summed E-state index contributed by atoms with van der Waals surface area (Å²) in [5.74, 6) is -0.139. The molecule has 0 bridgehead atoms. The van der Waals surface area contributed by atoms with Crippen molar-refractivity contribution in [3.05, 3.63) is 0 Å². The number of methoxy groups -OCH3 is 1. The molecular formula is C17H36N4O2. The van der Waals surface area contributed by atoms with Crippen LogP contribution in [-0.2, 0) is 9.53 Å². The Kier molecular flexibility index (Phi) is 10.4. The van der Waals surface area contributed by atoms with Crippen molar-refractivity contribution in [2.24, 2.45) is 0 Å². The van der Waals surface area contributed by atoms with Gasteiger partial charge >= 0.3 is 5.97 Å². The Morgan fingerprint density at radius 3 is 1.26 bits per heavy atom. The van der Waals surface area contributed by atoms with Gasteiger partial charge in [-0.05, 0) is 19.6 Å². The van der Waals surface area contributed by atoms with E-state index in [-0.39, 0.29) is 5.97 Å². The molecule has 0 saturated carbocycles. The second-order valence-electron chi connectivity index (χ2n) is 6.16. The number of hydrogen-bond acceptors (Lipinski definition) is 6. The van der Waals surface area contributed by atoms with Crippen LogP contribution in [0.2, 0.25) is 0 Å². The first-order valence-corrected chi connectivity index (χ1v) is 9.09. The highest BCUT2D eigenvalue weighted by Crippen LogP contribution is 2.00. The molecule has 1 fully saturated rings. The van der Waals surface area contributed by atoms with Crippen LogP contribution in [0.5, 0.6) is 0 Å². The van der Waals surface area contributed by atoms with Crippen LogP contribution < -0.4 is 0 Å². The van der Waals surface area contributed by atoms with E-state index in [9.17, 15) is 4.79 Å². The molecule has 0 aromatic rings. The monoisotopic (exact) mass is 328 g/mol. The van der Waals surface area contributed by atoms with Crippen molar-refractivity contribution in [2.75, 3.05) is 85.6 Å².